The summed E-state index contributed by atoms with van der Waals surface area (Å²) < 4.78 is 0. The minimum atomic E-state index is -1.20. The molecule has 0 fully saturated rings. The number of hydrogen-bond donors (Lipinski definition) is 3. The van der Waals surface area contributed by atoms with Crippen LogP contribution < -0.4 is 5.48 Å². The molecule has 0 saturated carbocycles. The average molecular weight is 207 g/mol. The Morgan fingerprint density at radius 3 is 2.33 bits per heavy atom. The molecule has 0 unspecified atom stereocenters. The standard InChI is InChI=1S/C10H9NO4/c12-8(6-9(13)10(14)11-15)7-4-2-1-3-5-7/h1-6,12,15H,(H,11,14)/b8-6-. The molecule has 78 valence electrons. The second-order valence-corrected chi connectivity index (χ2v) is 2.70. The summed E-state index contributed by atoms with van der Waals surface area (Å²) in [5, 5.41) is 17.6. The zero-order chi connectivity index (χ0) is 11.3. The molecule has 0 aromatic heterocycles. The van der Waals surface area contributed by atoms with E-state index in [9.17, 15) is 14.7 Å². The molecule has 0 spiro atoms. The fourth-order valence-electron chi connectivity index (χ4n) is 0.937. The molecule has 0 aliphatic rings. The van der Waals surface area contributed by atoms with E-state index in [1.165, 1.54) is 5.48 Å². The van der Waals surface area contributed by atoms with Gasteiger partial charge in [0, 0.05) is 11.6 Å². The summed E-state index contributed by atoms with van der Waals surface area (Å²) >= 11 is 0. The molecule has 5 heteroatoms. The minimum Gasteiger partial charge on any atom is -0.507 e. The summed E-state index contributed by atoms with van der Waals surface area (Å²) in [4.78, 5) is 21.6. The second-order valence-electron chi connectivity index (χ2n) is 2.70. The largest absolute Gasteiger partial charge is 0.507 e. The Bertz CT molecular complexity index is 397. The van der Waals surface area contributed by atoms with E-state index >= 15 is 0 Å². The van der Waals surface area contributed by atoms with Crippen molar-refractivity contribution in [3.8, 4) is 0 Å². The number of nitrogens with one attached hydrogen (secondary N) is 1. The number of amides is 1. The van der Waals surface area contributed by atoms with Crippen LogP contribution >= 0.6 is 0 Å². The molecule has 1 rings (SSSR count). The monoisotopic (exact) mass is 207 g/mol. The first-order chi connectivity index (χ1) is 7.15. The van der Waals surface area contributed by atoms with E-state index < -0.39 is 11.7 Å². The van der Waals surface area contributed by atoms with E-state index in [-0.39, 0.29) is 5.76 Å². The van der Waals surface area contributed by atoms with Crippen molar-refractivity contribution in [2.24, 2.45) is 0 Å². The lowest BCUT2D eigenvalue weighted by atomic mass is 10.1. The Balaban J connectivity index is 2.86. The van der Waals surface area contributed by atoms with Gasteiger partial charge in [0.25, 0.3) is 0 Å². The molecular formula is C10H9NO4. The fourth-order valence-corrected chi connectivity index (χ4v) is 0.937. The quantitative estimate of drug-likeness (QED) is 0.223. The first-order valence-electron chi connectivity index (χ1n) is 4.09. The molecule has 0 aliphatic heterocycles. The van der Waals surface area contributed by atoms with Crippen molar-refractivity contribution in [2.45, 2.75) is 0 Å². The van der Waals surface area contributed by atoms with Gasteiger partial charge in [0.15, 0.2) is 0 Å². The molecule has 1 amide bonds. The number of hydroxylamine groups is 1. The van der Waals surface area contributed by atoms with Gasteiger partial charge in [-0.15, -0.1) is 0 Å². The summed E-state index contributed by atoms with van der Waals surface area (Å²) in [6, 6.07) is 8.26. The van der Waals surface area contributed by atoms with E-state index in [2.05, 4.69) is 0 Å². The van der Waals surface area contributed by atoms with Crippen LogP contribution in [0.5, 0.6) is 0 Å². The Morgan fingerprint density at radius 1 is 1.20 bits per heavy atom. The highest BCUT2D eigenvalue weighted by Gasteiger charge is 2.11. The Kier molecular flexibility index (Phi) is 3.59. The van der Waals surface area contributed by atoms with Gasteiger partial charge >= 0.3 is 5.91 Å². The third-order valence-corrected chi connectivity index (χ3v) is 1.66. The fraction of sp³-hybridized carbons (Fsp3) is 0. The maximum Gasteiger partial charge on any atom is 0.315 e. The molecule has 1 aromatic carbocycles. The molecule has 0 saturated heterocycles. The third-order valence-electron chi connectivity index (χ3n) is 1.66. The van der Waals surface area contributed by atoms with Crippen LogP contribution in [0, 0.1) is 0 Å². The Morgan fingerprint density at radius 2 is 1.80 bits per heavy atom. The van der Waals surface area contributed by atoms with Crippen LogP contribution in [0.3, 0.4) is 0 Å². The zero-order valence-corrected chi connectivity index (χ0v) is 7.68. The van der Waals surface area contributed by atoms with E-state index in [4.69, 9.17) is 5.21 Å². The lowest BCUT2D eigenvalue weighted by molar-refractivity contribution is -0.140. The van der Waals surface area contributed by atoms with E-state index in [0.29, 0.717) is 5.56 Å². The highest BCUT2D eigenvalue weighted by molar-refractivity contribution is 6.41. The summed E-state index contributed by atoms with van der Waals surface area (Å²) in [6.45, 7) is 0. The molecule has 0 radical (unpaired) electrons. The molecule has 0 heterocycles. The van der Waals surface area contributed by atoms with E-state index in [1.54, 1.807) is 30.3 Å². The predicted molar refractivity (Wildman–Crippen MR) is 52.0 cm³/mol. The van der Waals surface area contributed by atoms with Crippen molar-refractivity contribution in [1.82, 2.24) is 5.48 Å². The lowest BCUT2D eigenvalue weighted by Crippen LogP contribution is -2.26. The number of carbonyl (C=O) groups is 2. The van der Waals surface area contributed by atoms with E-state index in [1.807, 2.05) is 0 Å². The van der Waals surface area contributed by atoms with Crippen LogP contribution in [0.1, 0.15) is 5.56 Å². The first kappa shape index (κ1) is 10.9. The molecule has 0 bridgehead atoms. The number of hydrogen-bond acceptors (Lipinski definition) is 4. The highest BCUT2D eigenvalue weighted by atomic mass is 16.5. The highest BCUT2D eigenvalue weighted by Crippen LogP contribution is 2.09. The van der Waals surface area contributed by atoms with Crippen LogP contribution in [0.15, 0.2) is 36.4 Å². The maximum atomic E-state index is 10.9. The Labute approximate surface area is 85.6 Å². The van der Waals surface area contributed by atoms with Gasteiger partial charge in [0.2, 0.25) is 5.78 Å². The minimum absolute atomic E-state index is 0.329. The lowest BCUT2D eigenvalue weighted by Gasteiger charge is -1.98. The van der Waals surface area contributed by atoms with Crippen LogP contribution in [0.4, 0.5) is 0 Å². The topological polar surface area (TPSA) is 86.6 Å². The number of aliphatic hydroxyl groups is 1. The van der Waals surface area contributed by atoms with Crippen molar-refractivity contribution < 1.29 is 19.9 Å². The molecular weight excluding hydrogens is 198 g/mol. The SMILES string of the molecule is O=C(/C=C(\O)c1ccccc1)C(=O)NO. The summed E-state index contributed by atoms with van der Waals surface area (Å²) in [5.74, 6) is -2.56. The van der Waals surface area contributed by atoms with Gasteiger partial charge in [-0.3, -0.25) is 14.8 Å². The predicted octanol–water partition coefficient (Wildman–Crippen LogP) is 0.660. The van der Waals surface area contributed by atoms with Gasteiger partial charge in [-0.1, -0.05) is 30.3 Å². The number of rotatable bonds is 3. The maximum absolute atomic E-state index is 10.9. The zero-order valence-electron chi connectivity index (χ0n) is 7.68. The number of benzene rings is 1. The van der Waals surface area contributed by atoms with Crippen molar-refractivity contribution in [3.63, 3.8) is 0 Å². The summed E-state index contributed by atoms with van der Waals surface area (Å²) in [5.41, 5.74) is 1.59. The normalized spacial score (nSPS) is 10.9. The average Bonchev–Trinajstić information content (AvgIpc) is 2.29. The van der Waals surface area contributed by atoms with Crippen molar-refractivity contribution in [1.29, 1.82) is 0 Å². The molecule has 3 N–H and O–H groups in total. The summed E-state index contributed by atoms with van der Waals surface area (Å²) in [7, 11) is 0. The van der Waals surface area contributed by atoms with Crippen LogP contribution in [0.25, 0.3) is 5.76 Å². The van der Waals surface area contributed by atoms with Crippen LogP contribution in [-0.2, 0) is 9.59 Å². The van der Waals surface area contributed by atoms with Crippen molar-refractivity contribution >= 4 is 17.4 Å². The Hall–Kier alpha value is -2.14. The number of carbonyl (C=O) groups excluding carboxylic acids is 2. The first-order valence-corrected chi connectivity index (χ1v) is 4.09. The van der Waals surface area contributed by atoms with Crippen LogP contribution in [-0.4, -0.2) is 22.0 Å². The molecule has 0 aliphatic carbocycles. The molecule has 0 atom stereocenters. The number of aliphatic hydroxyl groups excluding tert-OH is 1. The van der Waals surface area contributed by atoms with E-state index in [0.717, 1.165) is 6.08 Å². The van der Waals surface area contributed by atoms with Gasteiger partial charge in [-0.25, -0.2) is 5.48 Å². The van der Waals surface area contributed by atoms with Gasteiger partial charge in [0.1, 0.15) is 5.76 Å². The number of ketones is 1. The van der Waals surface area contributed by atoms with Gasteiger partial charge in [-0.2, -0.15) is 0 Å². The van der Waals surface area contributed by atoms with Gasteiger partial charge < -0.3 is 5.11 Å². The van der Waals surface area contributed by atoms with Gasteiger partial charge in [-0.05, 0) is 0 Å². The molecule has 5 nitrogen and oxygen atoms in total. The van der Waals surface area contributed by atoms with Crippen molar-refractivity contribution in [2.75, 3.05) is 0 Å². The third kappa shape index (κ3) is 2.92. The molecule has 1 aromatic rings. The van der Waals surface area contributed by atoms with Crippen LogP contribution in [0.2, 0.25) is 0 Å². The smallest absolute Gasteiger partial charge is 0.315 e. The van der Waals surface area contributed by atoms with Crippen molar-refractivity contribution in [3.05, 3.63) is 42.0 Å². The second kappa shape index (κ2) is 4.92. The summed E-state index contributed by atoms with van der Waals surface area (Å²) in [6.07, 6.45) is 0.737. The molecule has 15 heavy (non-hydrogen) atoms. The van der Waals surface area contributed by atoms with Gasteiger partial charge in [0.05, 0.1) is 0 Å².